The number of hydrogen-bond donors (Lipinski definition) is 0. The number of carbonyl (C=O) groups excluding carboxylic acids is 1. The maximum Gasteiger partial charge on any atom is 0.336 e. The van der Waals surface area contributed by atoms with E-state index in [1.165, 1.54) is 6.92 Å². The fourth-order valence-corrected chi connectivity index (χ4v) is 3.71. The molecule has 0 radical (unpaired) electrons. The van der Waals surface area contributed by atoms with Crippen LogP contribution in [0.4, 0.5) is 8.78 Å². The van der Waals surface area contributed by atoms with Crippen LogP contribution in [-0.2, 0) is 9.53 Å². The topological polar surface area (TPSA) is 92.7 Å². The maximum absolute atomic E-state index is 14.5. The Kier molecular flexibility index (Phi) is 5.83. The molecule has 0 N–H and O–H groups in total. The number of aliphatic imine (C=N–C) groups is 1. The zero-order valence-corrected chi connectivity index (χ0v) is 17.0. The molecule has 0 amide bonds. The van der Waals surface area contributed by atoms with Crippen molar-refractivity contribution in [3.05, 3.63) is 56.6 Å². The number of halogens is 2. The molecular weight excluding hydrogens is 394 g/mol. The first-order valence-corrected chi connectivity index (χ1v) is 9.46. The van der Waals surface area contributed by atoms with Crippen LogP contribution in [0.15, 0.2) is 37.6 Å². The first kappa shape index (κ1) is 21.4. The van der Waals surface area contributed by atoms with E-state index >= 15 is 0 Å². The van der Waals surface area contributed by atoms with E-state index in [4.69, 9.17) is 9.15 Å². The zero-order valence-electron chi connectivity index (χ0n) is 17.0. The summed E-state index contributed by atoms with van der Waals surface area (Å²) in [6, 6.07) is 4.01. The third kappa shape index (κ3) is 3.52. The fraction of sp³-hybridized carbons (Fsp3) is 0.364. The van der Waals surface area contributed by atoms with Crippen LogP contribution in [-0.4, -0.2) is 18.3 Å². The number of nitrogens with zero attached hydrogens (tertiary/aromatic N) is 2. The summed E-state index contributed by atoms with van der Waals surface area (Å²) in [4.78, 5) is 29.5. The Hall–Kier alpha value is -3.34. The lowest BCUT2D eigenvalue weighted by Gasteiger charge is -2.29. The minimum Gasteiger partial charge on any atom is -0.462 e. The van der Waals surface area contributed by atoms with Crippen molar-refractivity contribution < 1.29 is 22.7 Å². The van der Waals surface area contributed by atoms with Crippen molar-refractivity contribution in [3.63, 3.8) is 0 Å². The van der Waals surface area contributed by atoms with Crippen LogP contribution >= 0.6 is 0 Å². The molecule has 0 aliphatic carbocycles. The van der Waals surface area contributed by atoms with Gasteiger partial charge in [0.2, 0.25) is 0 Å². The second-order valence-corrected chi connectivity index (χ2v) is 7.16. The minimum atomic E-state index is -1.34. The van der Waals surface area contributed by atoms with Crippen molar-refractivity contribution in [3.8, 4) is 6.07 Å². The summed E-state index contributed by atoms with van der Waals surface area (Å²) in [5.74, 6) is -5.14. The highest BCUT2D eigenvalue weighted by molar-refractivity contribution is 5.99. The molecule has 6 nitrogen and oxygen atoms in total. The van der Waals surface area contributed by atoms with E-state index in [1.807, 2.05) is 6.92 Å². The summed E-state index contributed by atoms with van der Waals surface area (Å²) >= 11 is 0. The van der Waals surface area contributed by atoms with E-state index in [0.29, 0.717) is 17.8 Å². The van der Waals surface area contributed by atoms with E-state index in [2.05, 4.69) is 11.1 Å². The number of rotatable bonds is 4. The van der Waals surface area contributed by atoms with Gasteiger partial charge in [-0.05, 0) is 33.3 Å². The molecule has 2 unspecified atom stereocenters. The van der Waals surface area contributed by atoms with Gasteiger partial charge in [0.05, 0.1) is 24.2 Å². The molecule has 0 spiro atoms. The summed E-state index contributed by atoms with van der Waals surface area (Å²) in [5.41, 5.74) is -0.173. The Morgan fingerprint density at radius 1 is 1.30 bits per heavy atom. The maximum atomic E-state index is 14.5. The van der Waals surface area contributed by atoms with Crippen LogP contribution in [0.2, 0.25) is 0 Å². The molecule has 1 aromatic heterocycles. The zero-order chi connectivity index (χ0) is 22.2. The van der Waals surface area contributed by atoms with Gasteiger partial charge in [0.25, 0.3) is 0 Å². The van der Waals surface area contributed by atoms with Crippen molar-refractivity contribution in [1.82, 2.24) is 0 Å². The lowest BCUT2D eigenvalue weighted by molar-refractivity contribution is -0.139. The smallest absolute Gasteiger partial charge is 0.336 e. The third-order valence-corrected chi connectivity index (χ3v) is 5.00. The van der Waals surface area contributed by atoms with Gasteiger partial charge in [0, 0.05) is 29.0 Å². The molecule has 3 rings (SSSR count). The van der Waals surface area contributed by atoms with Crippen LogP contribution in [0.1, 0.15) is 44.4 Å². The van der Waals surface area contributed by atoms with Crippen LogP contribution in [0.3, 0.4) is 0 Å². The molecule has 0 bridgehead atoms. The van der Waals surface area contributed by atoms with Gasteiger partial charge >= 0.3 is 5.97 Å². The van der Waals surface area contributed by atoms with E-state index in [0.717, 1.165) is 12.1 Å². The van der Waals surface area contributed by atoms with Gasteiger partial charge in [-0.1, -0.05) is 6.92 Å². The van der Waals surface area contributed by atoms with Crippen molar-refractivity contribution in [2.45, 2.75) is 40.0 Å². The summed E-state index contributed by atoms with van der Waals surface area (Å²) in [6.07, 6.45) is 0.578. The summed E-state index contributed by atoms with van der Waals surface area (Å²) in [7, 11) is 0. The molecule has 1 aliphatic rings. The molecule has 0 saturated heterocycles. The predicted octanol–water partition coefficient (Wildman–Crippen LogP) is 4.30. The lowest BCUT2D eigenvalue weighted by atomic mass is 9.76. The second kappa shape index (κ2) is 8.19. The second-order valence-electron chi connectivity index (χ2n) is 7.16. The largest absolute Gasteiger partial charge is 0.462 e. The van der Waals surface area contributed by atoms with E-state index in [-0.39, 0.29) is 29.1 Å². The van der Waals surface area contributed by atoms with Crippen molar-refractivity contribution >= 4 is 22.7 Å². The lowest BCUT2D eigenvalue weighted by Crippen LogP contribution is -2.30. The average molecular weight is 414 g/mol. The van der Waals surface area contributed by atoms with Crippen LogP contribution in [0.25, 0.3) is 11.0 Å². The predicted molar refractivity (Wildman–Crippen MR) is 106 cm³/mol. The van der Waals surface area contributed by atoms with Gasteiger partial charge in [0.15, 0.2) is 17.1 Å². The number of fused-ring (bicyclic) bond motifs is 1. The molecule has 156 valence electrons. The summed E-state index contributed by atoms with van der Waals surface area (Å²) in [6.45, 7) is 6.67. The number of benzene rings is 1. The van der Waals surface area contributed by atoms with Crippen LogP contribution in [0.5, 0.6) is 0 Å². The Labute approximate surface area is 171 Å². The molecule has 30 heavy (non-hydrogen) atoms. The van der Waals surface area contributed by atoms with Gasteiger partial charge in [-0.2, -0.15) is 5.26 Å². The van der Waals surface area contributed by atoms with Gasteiger partial charge < -0.3 is 9.15 Å². The van der Waals surface area contributed by atoms with Crippen molar-refractivity contribution in [2.24, 2.45) is 10.9 Å². The fourth-order valence-electron chi connectivity index (χ4n) is 3.71. The van der Waals surface area contributed by atoms with E-state index in [1.54, 1.807) is 13.8 Å². The van der Waals surface area contributed by atoms with E-state index < -0.39 is 40.3 Å². The van der Waals surface area contributed by atoms with Gasteiger partial charge in [-0.3, -0.25) is 9.79 Å². The first-order valence-electron chi connectivity index (χ1n) is 9.46. The van der Waals surface area contributed by atoms with Gasteiger partial charge in [0.1, 0.15) is 16.7 Å². The molecule has 2 atom stereocenters. The van der Waals surface area contributed by atoms with Crippen LogP contribution in [0, 0.1) is 35.8 Å². The number of carbonyl (C=O) groups is 1. The molecule has 1 aromatic carbocycles. The highest BCUT2D eigenvalue weighted by Gasteiger charge is 2.40. The van der Waals surface area contributed by atoms with Gasteiger partial charge in [-0.25, -0.2) is 13.6 Å². The monoisotopic (exact) mass is 414 g/mol. The minimum absolute atomic E-state index is 0.0216. The Balaban J connectivity index is 2.38. The Morgan fingerprint density at radius 2 is 2.00 bits per heavy atom. The number of hydrogen-bond acceptors (Lipinski definition) is 6. The summed E-state index contributed by atoms with van der Waals surface area (Å²) < 4.78 is 39.8. The Bertz CT molecular complexity index is 1200. The molecule has 1 aliphatic heterocycles. The molecular formula is C22H20F2N2O4. The quantitative estimate of drug-likeness (QED) is 0.696. The van der Waals surface area contributed by atoms with Crippen molar-refractivity contribution in [1.29, 1.82) is 5.26 Å². The highest BCUT2D eigenvalue weighted by atomic mass is 19.2. The molecule has 2 heterocycles. The molecule has 8 heteroatoms. The number of aryl methyl sites for hydroxylation is 1. The number of nitriles is 1. The average Bonchev–Trinajstić information content (AvgIpc) is 2.67. The number of allylic oxidation sites excluding steroid dienone is 1. The van der Waals surface area contributed by atoms with Gasteiger partial charge in [-0.15, -0.1) is 0 Å². The van der Waals surface area contributed by atoms with Crippen molar-refractivity contribution in [2.75, 3.05) is 6.61 Å². The number of ether oxygens (including phenoxy) is 1. The number of esters is 1. The van der Waals surface area contributed by atoms with E-state index in [9.17, 15) is 23.6 Å². The third-order valence-electron chi connectivity index (χ3n) is 5.00. The van der Waals surface area contributed by atoms with Crippen LogP contribution < -0.4 is 5.43 Å². The normalized spacial score (nSPS) is 18.9. The highest BCUT2D eigenvalue weighted by Crippen LogP contribution is 2.42. The molecule has 0 saturated carbocycles. The summed E-state index contributed by atoms with van der Waals surface area (Å²) in [5, 5.41) is 9.23. The molecule has 2 aromatic rings. The standard InChI is InChI=1S/C22H20F2N2O4/c1-5-6-29-22(28)17-12(4)26-11(3)14(9-25)18(17)13-8-15(23)20(24)19-16(27)7-10(2)30-21(13)19/h7-8,14,18H,5-6H2,1-4H3. The Morgan fingerprint density at radius 3 is 2.63 bits per heavy atom. The SMILES string of the molecule is CCCOC(=O)C1=C(C)N=C(C)C(C#N)C1c1cc(F)c(F)c2c(=O)cc(C)oc12. The first-order chi connectivity index (χ1) is 14.2. The molecule has 0 fully saturated rings.